The van der Waals surface area contributed by atoms with Crippen molar-refractivity contribution in [2.24, 2.45) is 0 Å². The molecule has 0 aromatic heterocycles. The van der Waals surface area contributed by atoms with Crippen molar-refractivity contribution in [2.45, 2.75) is 56.1 Å². The molecule has 1 amide bonds. The number of likely N-dealkylation sites (tertiary alicyclic amines) is 1. The van der Waals surface area contributed by atoms with E-state index in [0.717, 1.165) is 36.4 Å². The molecule has 0 unspecified atom stereocenters. The van der Waals surface area contributed by atoms with Crippen LogP contribution in [-0.2, 0) is 26.2 Å². The summed E-state index contributed by atoms with van der Waals surface area (Å²) in [4.78, 5) is 27.8. The van der Waals surface area contributed by atoms with Crippen LogP contribution in [0.5, 0.6) is 5.75 Å². The van der Waals surface area contributed by atoms with Gasteiger partial charge in [0, 0.05) is 31.5 Å². The highest BCUT2D eigenvalue weighted by Crippen LogP contribution is 2.54. The van der Waals surface area contributed by atoms with E-state index in [2.05, 4.69) is 22.9 Å². The van der Waals surface area contributed by atoms with Gasteiger partial charge in [0.2, 0.25) is 5.91 Å². The number of carbonyl (C=O) groups is 2. The molecule has 1 heterocycles. The lowest BCUT2D eigenvalue weighted by atomic mass is 9.55. The lowest BCUT2D eigenvalue weighted by Crippen LogP contribution is -2.68. The molecule has 2 aromatic carbocycles. The summed E-state index contributed by atoms with van der Waals surface area (Å²) in [5.41, 5.74) is 0.661. The molecule has 1 N–H and O–H groups in total. The normalized spacial score (nSPS) is 25.6. The van der Waals surface area contributed by atoms with Crippen LogP contribution in [0.3, 0.4) is 0 Å². The van der Waals surface area contributed by atoms with Gasteiger partial charge in [-0.1, -0.05) is 47.5 Å². The maximum atomic E-state index is 13.1. The number of carbonyl (C=O) groups excluding carboxylic acids is 2. The van der Waals surface area contributed by atoms with Crippen molar-refractivity contribution in [2.75, 3.05) is 26.7 Å². The number of nitrogens with one attached hydrogen (secondary N) is 1. The van der Waals surface area contributed by atoms with Crippen LogP contribution in [0.25, 0.3) is 0 Å². The fourth-order valence-corrected chi connectivity index (χ4v) is 6.50. The third-order valence-corrected chi connectivity index (χ3v) is 8.50. The van der Waals surface area contributed by atoms with E-state index in [0.29, 0.717) is 35.9 Å². The first-order chi connectivity index (χ1) is 17.7. The zero-order valence-corrected chi connectivity index (χ0v) is 22.9. The summed E-state index contributed by atoms with van der Waals surface area (Å²) in [5, 5.41) is 4.14. The third kappa shape index (κ3) is 5.82. The highest BCUT2D eigenvalue weighted by atomic mass is 35.5. The number of methoxy groups -OCH3 is 1. The minimum atomic E-state index is -0.725. The van der Waals surface area contributed by atoms with Crippen LogP contribution in [0.15, 0.2) is 55.1 Å². The number of piperidine rings is 1. The molecule has 4 rings (SSSR count). The molecule has 1 aliphatic heterocycles. The van der Waals surface area contributed by atoms with Gasteiger partial charge in [-0.25, -0.2) is 0 Å². The van der Waals surface area contributed by atoms with E-state index in [1.165, 1.54) is 6.92 Å². The van der Waals surface area contributed by atoms with Gasteiger partial charge in [0.25, 0.3) is 0 Å². The fourth-order valence-electron chi connectivity index (χ4n) is 6.18. The molecule has 0 radical (unpaired) electrons. The Morgan fingerprint density at radius 1 is 1.19 bits per heavy atom. The summed E-state index contributed by atoms with van der Waals surface area (Å²) in [6.07, 6.45) is 4.86. The fraction of sp³-hybridized carbons (Fsp3) is 0.448. The van der Waals surface area contributed by atoms with Gasteiger partial charge in [-0.3, -0.25) is 14.5 Å². The van der Waals surface area contributed by atoms with Crippen molar-refractivity contribution in [3.8, 4) is 5.75 Å². The van der Waals surface area contributed by atoms with Crippen molar-refractivity contribution in [3.63, 3.8) is 0 Å². The van der Waals surface area contributed by atoms with Gasteiger partial charge < -0.3 is 14.8 Å². The molecule has 6 nitrogen and oxygen atoms in total. The number of rotatable bonds is 8. The smallest absolute Gasteiger partial charge is 0.303 e. The zero-order chi connectivity index (χ0) is 26.6. The van der Waals surface area contributed by atoms with E-state index in [9.17, 15) is 9.59 Å². The predicted molar refractivity (Wildman–Crippen MR) is 146 cm³/mol. The molecule has 8 heteroatoms. The van der Waals surface area contributed by atoms with E-state index in [1.807, 2.05) is 30.3 Å². The minimum Gasteiger partial charge on any atom is -0.497 e. The van der Waals surface area contributed by atoms with E-state index in [-0.39, 0.29) is 24.3 Å². The number of nitrogens with zero attached hydrogens (tertiary/aromatic N) is 1. The number of benzene rings is 2. The summed E-state index contributed by atoms with van der Waals surface area (Å²) in [6, 6.07) is 13.2. The molecule has 1 aliphatic carbocycles. The Morgan fingerprint density at radius 2 is 2.00 bits per heavy atom. The average molecular weight is 546 g/mol. The quantitative estimate of drug-likeness (QED) is 0.358. The van der Waals surface area contributed by atoms with Crippen LogP contribution in [0, 0.1) is 0 Å². The lowest BCUT2D eigenvalue weighted by Gasteiger charge is -2.59. The molecule has 1 saturated carbocycles. The van der Waals surface area contributed by atoms with Crippen molar-refractivity contribution in [1.29, 1.82) is 0 Å². The van der Waals surface area contributed by atoms with Crippen LogP contribution >= 0.6 is 23.2 Å². The first-order valence-corrected chi connectivity index (χ1v) is 13.4. The Hall–Kier alpha value is -2.54. The number of ether oxygens (including phenoxy) is 2. The standard InChI is InChI=1S/C29H34Cl2N2O4/c1-4-13-33-14-12-28(22-6-5-7-24(17-22)36-3)18-23(10-11-29(28,19-33)37-20(2)34)32-27(35)16-21-8-9-25(30)26(31)15-21/h4-9,15,17,23H,1,10-14,16,18-19H2,2-3H3,(H,32,35)/t23-,28+,29+/m1/s1. The summed E-state index contributed by atoms with van der Waals surface area (Å²) in [6.45, 7) is 7.54. The molecule has 2 aromatic rings. The monoisotopic (exact) mass is 544 g/mol. The molecule has 1 saturated heterocycles. The van der Waals surface area contributed by atoms with E-state index in [1.54, 1.807) is 19.2 Å². The summed E-state index contributed by atoms with van der Waals surface area (Å²) >= 11 is 12.2. The highest BCUT2D eigenvalue weighted by molar-refractivity contribution is 6.42. The first-order valence-electron chi connectivity index (χ1n) is 12.6. The number of amides is 1. The van der Waals surface area contributed by atoms with Crippen molar-refractivity contribution in [3.05, 3.63) is 76.3 Å². The second-order valence-electron chi connectivity index (χ2n) is 10.1. The van der Waals surface area contributed by atoms with Gasteiger partial charge in [-0.15, -0.1) is 6.58 Å². The molecular weight excluding hydrogens is 511 g/mol. The molecule has 37 heavy (non-hydrogen) atoms. The Labute approximate surface area is 228 Å². The number of esters is 1. The zero-order valence-electron chi connectivity index (χ0n) is 21.4. The number of hydrogen-bond donors (Lipinski definition) is 1. The molecule has 0 spiro atoms. The lowest BCUT2D eigenvalue weighted by molar-refractivity contribution is -0.186. The number of fused-ring (bicyclic) bond motifs is 1. The summed E-state index contributed by atoms with van der Waals surface area (Å²) < 4.78 is 11.8. The molecular formula is C29H34Cl2N2O4. The van der Waals surface area contributed by atoms with Gasteiger partial charge in [-0.05, 0) is 67.6 Å². The van der Waals surface area contributed by atoms with Gasteiger partial charge in [0.15, 0.2) is 0 Å². The average Bonchev–Trinajstić information content (AvgIpc) is 2.86. The first kappa shape index (κ1) is 27.5. The Kier molecular flexibility index (Phi) is 8.52. The predicted octanol–water partition coefficient (Wildman–Crippen LogP) is 5.34. The van der Waals surface area contributed by atoms with Crippen LogP contribution in [0.4, 0.5) is 0 Å². The van der Waals surface area contributed by atoms with Crippen molar-refractivity contribution in [1.82, 2.24) is 10.2 Å². The summed E-state index contributed by atoms with van der Waals surface area (Å²) in [7, 11) is 1.65. The van der Waals surface area contributed by atoms with E-state index >= 15 is 0 Å². The second kappa shape index (κ2) is 11.5. The molecule has 0 bridgehead atoms. The van der Waals surface area contributed by atoms with E-state index in [4.69, 9.17) is 32.7 Å². The topological polar surface area (TPSA) is 67.9 Å². The van der Waals surface area contributed by atoms with Crippen LogP contribution < -0.4 is 10.1 Å². The molecule has 2 aliphatic rings. The second-order valence-corrected chi connectivity index (χ2v) is 10.9. The van der Waals surface area contributed by atoms with Crippen molar-refractivity contribution >= 4 is 35.1 Å². The summed E-state index contributed by atoms with van der Waals surface area (Å²) in [5.74, 6) is 0.381. The van der Waals surface area contributed by atoms with Crippen LogP contribution in [0.1, 0.15) is 43.7 Å². The minimum absolute atomic E-state index is 0.0730. The largest absolute Gasteiger partial charge is 0.497 e. The van der Waals surface area contributed by atoms with Crippen LogP contribution in [0.2, 0.25) is 10.0 Å². The molecule has 198 valence electrons. The van der Waals surface area contributed by atoms with Gasteiger partial charge in [0.1, 0.15) is 11.4 Å². The highest BCUT2D eigenvalue weighted by Gasteiger charge is 2.60. The van der Waals surface area contributed by atoms with Gasteiger partial charge in [-0.2, -0.15) is 0 Å². The molecule has 3 atom stereocenters. The Bertz CT molecular complexity index is 1170. The number of halogens is 2. The van der Waals surface area contributed by atoms with Crippen molar-refractivity contribution < 1.29 is 19.1 Å². The maximum absolute atomic E-state index is 13.1. The Balaban J connectivity index is 1.65. The van der Waals surface area contributed by atoms with Gasteiger partial charge in [0.05, 0.1) is 23.6 Å². The SMILES string of the molecule is C=CCN1CC[C@@]2(c3cccc(OC)c3)C[C@H](NC(=O)Cc3ccc(Cl)c(Cl)c3)CC[C@]2(OC(C)=O)C1. The van der Waals surface area contributed by atoms with E-state index < -0.39 is 11.0 Å². The third-order valence-electron chi connectivity index (χ3n) is 7.76. The number of hydrogen-bond acceptors (Lipinski definition) is 5. The Morgan fingerprint density at radius 3 is 2.70 bits per heavy atom. The molecule has 2 fully saturated rings. The maximum Gasteiger partial charge on any atom is 0.303 e. The van der Waals surface area contributed by atoms with Gasteiger partial charge >= 0.3 is 5.97 Å². The van der Waals surface area contributed by atoms with Crippen LogP contribution in [-0.4, -0.2) is 55.2 Å².